The van der Waals surface area contributed by atoms with E-state index in [1.165, 1.54) is 7.11 Å². The van der Waals surface area contributed by atoms with E-state index < -0.39 is 0 Å². The highest BCUT2D eigenvalue weighted by Crippen LogP contribution is 2.55. The van der Waals surface area contributed by atoms with Gasteiger partial charge in [0.25, 0.3) is 0 Å². The highest BCUT2D eigenvalue weighted by Gasteiger charge is 2.49. The molecule has 2 aromatic rings. The number of carbonyl (C=O) groups excluding carboxylic acids is 1. The van der Waals surface area contributed by atoms with Crippen LogP contribution in [0.5, 0.6) is 34.5 Å². The van der Waals surface area contributed by atoms with Gasteiger partial charge in [-0.3, -0.25) is 4.79 Å². The number of fused-ring (bicyclic) bond motifs is 2. The minimum Gasteiger partial charge on any atom is -0.493 e. The van der Waals surface area contributed by atoms with E-state index in [0.717, 1.165) is 11.1 Å². The molecule has 2 aliphatic rings. The van der Waals surface area contributed by atoms with Gasteiger partial charge in [-0.25, -0.2) is 0 Å². The van der Waals surface area contributed by atoms with E-state index in [2.05, 4.69) is 0 Å². The molecule has 2 aromatic carbocycles. The first-order valence-electron chi connectivity index (χ1n) is 10.3. The van der Waals surface area contributed by atoms with Crippen LogP contribution in [0, 0.1) is 11.8 Å². The number of rotatable bonds is 7. The van der Waals surface area contributed by atoms with Gasteiger partial charge < -0.3 is 33.2 Å². The molecule has 0 saturated carbocycles. The quantitative estimate of drug-likeness (QED) is 0.643. The Morgan fingerprint density at radius 1 is 0.719 bits per heavy atom. The van der Waals surface area contributed by atoms with Crippen LogP contribution >= 0.6 is 0 Å². The van der Waals surface area contributed by atoms with Crippen molar-refractivity contribution in [3.8, 4) is 34.5 Å². The third kappa shape index (κ3) is 3.21. The van der Waals surface area contributed by atoms with Gasteiger partial charge in [-0.2, -0.15) is 0 Å². The molecule has 0 unspecified atom stereocenters. The summed E-state index contributed by atoms with van der Waals surface area (Å²) < 4.78 is 39.4. The fourth-order valence-corrected chi connectivity index (χ4v) is 4.97. The van der Waals surface area contributed by atoms with Gasteiger partial charge in [0.2, 0.25) is 11.5 Å². The lowest BCUT2D eigenvalue weighted by Gasteiger charge is -2.36. The van der Waals surface area contributed by atoms with Gasteiger partial charge in [0, 0.05) is 23.0 Å². The maximum absolute atomic E-state index is 13.5. The van der Waals surface area contributed by atoms with Crippen LogP contribution in [0.1, 0.15) is 27.4 Å². The second kappa shape index (κ2) is 8.78. The molecule has 3 atom stereocenters. The SMILES string of the molecule is COc1cc([C@H]2c3c(cc(OC)c(OC)c3OC)C(=O)[C@@H]3COC[C@@H]23)cc(OC)c1OC. The van der Waals surface area contributed by atoms with E-state index >= 15 is 0 Å². The molecule has 0 radical (unpaired) electrons. The Kier molecular flexibility index (Phi) is 6.06. The Hall–Kier alpha value is -3.13. The van der Waals surface area contributed by atoms with Gasteiger partial charge >= 0.3 is 0 Å². The van der Waals surface area contributed by atoms with Crippen molar-refractivity contribution in [3.05, 3.63) is 34.9 Å². The molecule has 0 spiro atoms. The average Bonchev–Trinajstić information content (AvgIpc) is 3.32. The molecule has 4 rings (SSSR count). The minimum atomic E-state index is -0.269. The largest absolute Gasteiger partial charge is 0.493 e. The molecule has 0 amide bonds. The highest BCUT2D eigenvalue weighted by molar-refractivity contribution is 6.03. The van der Waals surface area contributed by atoms with Crippen LogP contribution in [-0.4, -0.2) is 61.7 Å². The van der Waals surface area contributed by atoms with Gasteiger partial charge in [-0.05, 0) is 23.8 Å². The van der Waals surface area contributed by atoms with Crippen molar-refractivity contribution in [3.63, 3.8) is 0 Å². The fourth-order valence-electron chi connectivity index (χ4n) is 4.97. The number of ketones is 1. The Labute approximate surface area is 187 Å². The summed E-state index contributed by atoms with van der Waals surface area (Å²) in [6, 6.07) is 5.56. The third-order valence-electron chi connectivity index (χ3n) is 6.38. The van der Waals surface area contributed by atoms with Gasteiger partial charge in [0.15, 0.2) is 28.8 Å². The zero-order valence-electron chi connectivity index (χ0n) is 19.1. The van der Waals surface area contributed by atoms with E-state index in [-0.39, 0.29) is 23.5 Å². The van der Waals surface area contributed by atoms with Crippen molar-refractivity contribution >= 4 is 5.78 Å². The predicted octanol–water partition coefficient (Wildman–Crippen LogP) is 3.33. The first-order valence-corrected chi connectivity index (χ1v) is 10.3. The van der Waals surface area contributed by atoms with Gasteiger partial charge in [0.1, 0.15) is 0 Å². The molecule has 1 fully saturated rings. The van der Waals surface area contributed by atoms with Crippen LogP contribution < -0.4 is 28.4 Å². The summed E-state index contributed by atoms with van der Waals surface area (Å²) in [6.45, 7) is 0.829. The smallest absolute Gasteiger partial charge is 0.203 e. The molecular weight excluding hydrogens is 416 g/mol. The zero-order valence-corrected chi connectivity index (χ0v) is 19.1. The summed E-state index contributed by atoms with van der Waals surface area (Å²) in [4.78, 5) is 13.5. The summed E-state index contributed by atoms with van der Waals surface area (Å²) in [5.74, 6) is 2.38. The van der Waals surface area contributed by atoms with Crippen molar-refractivity contribution in [1.82, 2.24) is 0 Å². The molecule has 8 heteroatoms. The summed E-state index contributed by atoms with van der Waals surface area (Å²) in [5.41, 5.74) is 2.19. The van der Waals surface area contributed by atoms with Crippen LogP contribution in [0.4, 0.5) is 0 Å². The lowest BCUT2D eigenvalue weighted by Crippen LogP contribution is -2.35. The van der Waals surface area contributed by atoms with Crippen LogP contribution in [0.15, 0.2) is 18.2 Å². The Morgan fingerprint density at radius 2 is 1.28 bits per heavy atom. The lowest BCUT2D eigenvalue weighted by atomic mass is 9.66. The molecule has 1 aliphatic carbocycles. The van der Waals surface area contributed by atoms with Crippen LogP contribution in [-0.2, 0) is 4.74 Å². The van der Waals surface area contributed by atoms with Crippen molar-refractivity contribution < 1.29 is 38.0 Å². The van der Waals surface area contributed by atoms with Crippen molar-refractivity contribution in [2.75, 3.05) is 55.9 Å². The molecule has 8 nitrogen and oxygen atoms in total. The molecule has 0 aromatic heterocycles. The number of Topliss-reactive ketones (excluding diaryl/α,β-unsaturated/α-hetero) is 1. The predicted molar refractivity (Wildman–Crippen MR) is 116 cm³/mol. The van der Waals surface area contributed by atoms with Crippen molar-refractivity contribution in [2.24, 2.45) is 11.8 Å². The Bertz CT molecular complexity index is 1010. The summed E-state index contributed by atoms with van der Waals surface area (Å²) in [7, 11) is 9.37. The molecule has 172 valence electrons. The fraction of sp³-hybridized carbons (Fsp3) is 0.458. The lowest BCUT2D eigenvalue weighted by molar-refractivity contribution is 0.0864. The molecule has 1 saturated heterocycles. The van der Waals surface area contributed by atoms with Gasteiger partial charge in [-0.15, -0.1) is 0 Å². The third-order valence-corrected chi connectivity index (χ3v) is 6.38. The number of benzene rings is 2. The Morgan fingerprint density at radius 3 is 1.81 bits per heavy atom. The van der Waals surface area contributed by atoms with Gasteiger partial charge in [0.05, 0.1) is 61.8 Å². The van der Waals surface area contributed by atoms with Crippen molar-refractivity contribution in [1.29, 1.82) is 0 Å². The van der Waals surface area contributed by atoms with E-state index in [4.69, 9.17) is 33.2 Å². The summed E-state index contributed by atoms with van der Waals surface area (Å²) >= 11 is 0. The molecule has 1 aliphatic heterocycles. The maximum atomic E-state index is 13.5. The van der Waals surface area contributed by atoms with Crippen molar-refractivity contribution in [2.45, 2.75) is 5.92 Å². The monoisotopic (exact) mass is 444 g/mol. The number of carbonyl (C=O) groups is 1. The molecule has 32 heavy (non-hydrogen) atoms. The number of hydrogen-bond donors (Lipinski definition) is 0. The van der Waals surface area contributed by atoms with E-state index in [1.54, 1.807) is 41.6 Å². The number of ether oxygens (including phenoxy) is 7. The first-order chi connectivity index (χ1) is 15.5. The summed E-state index contributed by atoms with van der Waals surface area (Å²) in [5, 5.41) is 0. The van der Waals surface area contributed by atoms with Crippen LogP contribution in [0.2, 0.25) is 0 Å². The van der Waals surface area contributed by atoms with E-state index in [1.807, 2.05) is 12.1 Å². The number of hydrogen-bond acceptors (Lipinski definition) is 8. The number of methoxy groups -OCH3 is 6. The molecule has 1 heterocycles. The second-order valence-electron chi connectivity index (χ2n) is 7.71. The molecule has 0 bridgehead atoms. The standard InChI is InChI=1S/C24H28O8/c1-26-16-7-12(8-17(27-2)22(16)29-4)19-14-10-32-11-15(14)21(25)13-9-18(28-3)23(30-5)24(31-6)20(13)19/h7-9,14-15,19H,10-11H2,1-6H3/t14-,15-,19-/m1/s1. The second-order valence-corrected chi connectivity index (χ2v) is 7.71. The van der Waals surface area contributed by atoms with Gasteiger partial charge in [-0.1, -0.05) is 0 Å². The summed E-state index contributed by atoms with van der Waals surface area (Å²) in [6.07, 6.45) is 0. The normalized spacial score (nSPS) is 21.4. The topological polar surface area (TPSA) is 81.7 Å². The minimum absolute atomic E-state index is 0.0189. The first kappa shape index (κ1) is 22.1. The van der Waals surface area contributed by atoms with Crippen LogP contribution in [0.25, 0.3) is 0 Å². The maximum Gasteiger partial charge on any atom is 0.203 e. The van der Waals surface area contributed by atoms with E-state index in [9.17, 15) is 4.79 Å². The van der Waals surface area contributed by atoms with E-state index in [0.29, 0.717) is 53.3 Å². The molecular formula is C24H28O8. The van der Waals surface area contributed by atoms with Crippen LogP contribution in [0.3, 0.4) is 0 Å². The Balaban J connectivity index is 2.04. The average molecular weight is 444 g/mol. The molecule has 0 N–H and O–H groups in total. The zero-order chi connectivity index (χ0) is 23.0. The highest BCUT2D eigenvalue weighted by atomic mass is 16.5.